The van der Waals surface area contributed by atoms with E-state index in [0.717, 1.165) is 36.6 Å². The number of hydrogen-bond donors (Lipinski definition) is 2. The first-order chi connectivity index (χ1) is 13.8. The van der Waals surface area contributed by atoms with Gasteiger partial charge in [-0.05, 0) is 56.5 Å². The van der Waals surface area contributed by atoms with Crippen LogP contribution in [0.15, 0.2) is 42.5 Å². The fraction of sp³-hybridized carbons (Fsp3) is 0.364. The molecule has 7 heteroatoms. The van der Waals surface area contributed by atoms with Crippen molar-refractivity contribution >= 4 is 17.6 Å². The normalized spacial score (nSPS) is 16.6. The highest BCUT2D eigenvalue weighted by Crippen LogP contribution is 2.28. The summed E-state index contributed by atoms with van der Waals surface area (Å²) in [7, 11) is 0. The number of nitrogens with zero attached hydrogens (tertiary/aromatic N) is 1. The molecule has 1 aliphatic rings. The number of anilines is 1. The van der Waals surface area contributed by atoms with E-state index in [1.807, 2.05) is 19.9 Å². The Morgan fingerprint density at radius 2 is 1.93 bits per heavy atom. The zero-order chi connectivity index (χ0) is 21.0. The summed E-state index contributed by atoms with van der Waals surface area (Å²) in [5.74, 6) is -1.73. The lowest BCUT2D eigenvalue weighted by atomic mass is 9.89. The minimum absolute atomic E-state index is 0.0677. The number of halogens is 2. The summed E-state index contributed by atoms with van der Waals surface area (Å²) >= 11 is 0. The molecule has 2 N–H and O–H groups in total. The lowest BCUT2D eigenvalue weighted by Crippen LogP contribution is -2.47. The van der Waals surface area contributed by atoms with Gasteiger partial charge in [0.15, 0.2) is 0 Å². The third-order valence-electron chi connectivity index (χ3n) is 4.92. The van der Waals surface area contributed by atoms with Crippen molar-refractivity contribution in [2.24, 2.45) is 0 Å². The zero-order valence-corrected chi connectivity index (χ0v) is 16.5. The second-order valence-electron chi connectivity index (χ2n) is 7.59. The Morgan fingerprint density at radius 1 is 1.14 bits per heavy atom. The number of nitrogens with one attached hydrogen (secondary N) is 2. The van der Waals surface area contributed by atoms with Gasteiger partial charge in [-0.3, -0.25) is 4.79 Å². The van der Waals surface area contributed by atoms with Crippen molar-refractivity contribution in [3.63, 3.8) is 0 Å². The Bertz CT molecular complexity index is 901. The van der Waals surface area contributed by atoms with Gasteiger partial charge in [0.2, 0.25) is 0 Å². The summed E-state index contributed by atoms with van der Waals surface area (Å²) in [6, 6.07) is 9.97. The standard InChI is InChI=1S/C22H25F2N3O2/c1-14(2)25-22(29)27-10-4-7-17(13-27)15-5-3-6-16(11-15)21(28)26-20-12-18(23)8-9-19(20)24/h3,5-6,8-9,11-12,14,17H,4,7,10,13H2,1-2H3,(H,25,29)(H,26,28)/t17-/m1/s1. The number of likely N-dealkylation sites (tertiary alicyclic amines) is 1. The number of hydrogen-bond acceptors (Lipinski definition) is 2. The Morgan fingerprint density at radius 3 is 2.69 bits per heavy atom. The predicted molar refractivity (Wildman–Crippen MR) is 108 cm³/mol. The zero-order valence-electron chi connectivity index (χ0n) is 16.5. The van der Waals surface area contributed by atoms with Crippen molar-refractivity contribution in [1.29, 1.82) is 0 Å². The van der Waals surface area contributed by atoms with Crippen LogP contribution < -0.4 is 10.6 Å². The smallest absolute Gasteiger partial charge is 0.317 e. The highest BCUT2D eigenvalue weighted by Gasteiger charge is 2.25. The number of benzene rings is 2. The maximum atomic E-state index is 13.8. The molecule has 0 aliphatic carbocycles. The number of carbonyl (C=O) groups excluding carboxylic acids is 2. The van der Waals surface area contributed by atoms with Crippen LogP contribution >= 0.6 is 0 Å². The fourth-order valence-electron chi connectivity index (χ4n) is 3.49. The summed E-state index contributed by atoms with van der Waals surface area (Å²) in [6.07, 6.45) is 1.79. The molecule has 2 aromatic carbocycles. The molecule has 1 aliphatic heterocycles. The molecule has 1 fully saturated rings. The summed E-state index contributed by atoms with van der Waals surface area (Å²) in [4.78, 5) is 26.6. The first-order valence-corrected chi connectivity index (χ1v) is 9.75. The van der Waals surface area contributed by atoms with Crippen molar-refractivity contribution in [2.75, 3.05) is 18.4 Å². The quantitative estimate of drug-likeness (QED) is 0.792. The van der Waals surface area contributed by atoms with Gasteiger partial charge in [-0.15, -0.1) is 0 Å². The van der Waals surface area contributed by atoms with Crippen LogP contribution in [0.25, 0.3) is 0 Å². The average Bonchev–Trinajstić information content (AvgIpc) is 2.70. The highest BCUT2D eigenvalue weighted by molar-refractivity contribution is 6.04. The topological polar surface area (TPSA) is 61.4 Å². The van der Waals surface area contributed by atoms with Crippen LogP contribution in [-0.4, -0.2) is 36.0 Å². The molecule has 3 amide bonds. The minimum Gasteiger partial charge on any atom is -0.336 e. The van der Waals surface area contributed by atoms with Crippen LogP contribution in [0.2, 0.25) is 0 Å². The van der Waals surface area contributed by atoms with Gasteiger partial charge < -0.3 is 15.5 Å². The van der Waals surface area contributed by atoms with Gasteiger partial charge in [0, 0.05) is 36.7 Å². The van der Waals surface area contributed by atoms with E-state index in [0.29, 0.717) is 18.7 Å². The van der Waals surface area contributed by atoms with Gasteiger partial charge >= 0.3 is 6.03 Å². The van der Waals surface area contributed by atoms with Crippen LogP contribution in [0.3, 0.4) is 0 Å². The summed E-state index contributed by atoms with van der Waals surface area (Å²) < 4.78 is 27.1. The summed E-state index contributed by atoms with van der Waals surface area (Å²) in [6.45, 7) is 5.11. The molecule has 0 saturated carbocycles. The maximum Gasteiger partial charge on any atom is 0.317 e. The third kappa shape index (κ3) is 5.31. The molecule has 1 saturated heterocycles. The third-order valence-corrected chi connectivity index (χ3v) is 4.92. The second-order valence-corrected chi connectivity index (χ2v) is 7.59. The van der Waals surface area contributed by atoms with E-state index in [1.54, 1.807) is 23.1 Å². The van der Waals surface area contributed by atoms with Crippen molar-refractivity contribution in [3.8, 4) is 0 Å². The Kier molecular flexibility index (Phi) is 6.46. The van der Waals surface area contributed by atoms with E-state index in [1.165, 1.54) is 0 Å². The number of carbonyl (C=O) groups is 2. The van der Waals surface area contributed by atoms with E-state index < -0.39 is 17.5 Å². The number of rotatable bonds is 4. The molecule has 3 rings (SSSR count). The summed E-state index contributed by atoms with van der Waals surface area (Å²) in [5, 5.41) is 5.33. The maximum absolute atomic E-state index is 13.8. The second kappa shape index (κ2) is 9.03. The van der Waals surface area contributed by atoms with Crippen LogP contribution in [0.4, 0.5) is 19.3 Å². The highest BCUT2D eigenvalue weighted by atomic mass is 19.1. The van der Waals surface area contributed by atoms with Crippen molar-refractivity contribution in [2.45, 2.75) is 38.6 Å². The van der Waals surface area contributed by atoms with E-state index in [4.69, 9.17) is 0 Å². The molecule has 0 unspecified atom stereocenters. The molecule has 0 bridgehead atoms. The minimum atomic E-state index is -0.699. The van der Waals surface area contributed by atoms with Crippen molar-refractivity contribution in [3.05, 3.63) is 65.2 Å². The molecule has 1 heterocycles. The predicted octanol–water partition coefficient (Wildman–Crippen LogP) is 4.51. The molecule has 0 radical (unpaired) electrons. The number of amides is 3. The summed E-state index contributed by atoms with van der Waals surface area (Å²) in [5.41, 5.74) is 1.10. The molecule has 5 nitrogen and oxygen atoms in total. The van der Waals surface area contributed by atoms with Gasteiger partial charge in [-0.2, -0.15) is 0 Å². The van der Waals surface area contributed by atoms with Gasteiger partial charge in [-0.25, -0.2) is 13.6 Å². The largest absolute Gasteiger partial charge is 0.336 e. The van der Waals surface area contributed by atoms with E-state index in [-0.39, 0.29) is 23.7 Å². The van der Waals surface area contributed by atoms with Gasteiger partial charge in [0.05, 0.1) is 5.69 Å². The molecule has 154 valence electrons. The van der Waals surface area contributed by atoms with Gasteiger partial charge in [0.1, 0.15) is 11.6 Å². The average molecular weight is 401 g/mol. The molecule has 0 aromatic heterocycles. The molecule has 0 spiro atoms. The van der Waals surface area contributed by atoms with Crippen molar-refractivity contribution < 1.29 is 18.4 Å². The monoisotopic (exact) mass is 401 g/mol. The van der Waals surface area contributed by atoms with Crippen LogP contribution in [0.1, 0.15) is 48.5 Å². The first kappa shape index (κ1) is 20.8. The van der Waals surface area contributed by atoms with Crippen LogP contribution in [0, 0.1) is 11.6 Å². The molecule has 29 heavy (non-hydrogen) atoms. The van der Waals surface area contributed by atoms with Gasteiger partial charge in [0.25, 0.3) is 5.91 Å². The lowest BCUT2D eigenvalue weighted by molar-refractivity contribution is 0.102. The molecular formula is C22H25F2N3O2. The molecular weight excluding hydrogens is 376 g/mol. The van der Waals surface area contributed by atoms with Gasteiger partial charge in [-0.1, -0.05) is 12.1 Å². The van der Waals surface area contributed by atoms with Crippen LogP contribution in [0.5, 0.6) is 0 Å². The molecule has 1 atom stereocenters. The fourth-order valence-corrected chi connectivity index (χ4v) is 3.49. The van der Waals surface area contributed by atoms with Crippen LogP contribution in [-0.2, 0) is 0 Å². The van der Waals surface area contributed by atoms with E-state index >= 15 is 0 Å². The Hall–Kier alpha value is -2.96. The van der Waals surface area contributed by atoms with Crippen molar-refractivity contribution in [1.82, 2.24) is 10.2 Å². The van der Waals surface area contributed by atoms with E-state index in [9.17, 15) is 18.4 Å². The lowest BCUT2D eigenvalue weighted by Gasteiger charge is -2.33. The molecule has 2 aromatic rings. The van der Waals surface area contributed by atoms with E-state index in [2.05, 4.69) is 10.6 Å². The SMILES string of the molecule is CC(C)NC(=O)N1CCC[C@@H](c2cccc(C(=O)Nc3cc(F)ccc3F)c2)C1. The Balaban J connectivity index is 1.72. The number of urea groups is 1. The number of piperidine rings is 1. The Labute approximate surface area is 169 Å². The first-order valence-electron chi connectivity index (χ1n) is 9.75.